The summed E-state index contributed by atoms with van der Waals surface area (Å²) in [4.78, 5) is 14.1. The summed E-state index contributed by atoms with van der Waals surface area (Å²) in [7, 11) is 0. The first-order chi connectivity index (χ1) is 10.5. The molecule has 122 valence electrons. The highest BCUT2D eigenvalue weighted by atomic mass is 16.5. The van der Waals surface area contributed by atoms with E-state index in [1.54, 1.807) is 0 Å². The molecule has 1 heterocycles. The zero-order chi connectivity index (χ0) is 16.1. The minimum atomic E-state index is 0.0427. The van der Waals surface area contributed by atoms with Crippen molar-refractivity contribution in [1.29, 1.82) is 0 Å². The van der Waals surface area contributed by atoms with E-state index in [1.807, 2.05) is 23.1 Å². The van der Waals surface area contributed by atoms with Gasteiger partial charge in [0.1, 0.15) is 5.75 Å². The van der Waals surface area contributed by atoms with Gasteiger partial charge in [0.2, 0.25) is 0 Å². The van der Waals surface area contributed by atoms with E-state index in [0.29, 0.717) is 18.4 Å². The molecule has 0 aromatic heterocycles. The monoisotopic (exact) mass is 304 g/mol. The van der Waals surface area contributed by atoms with Crippen molar-refractivity contribution in [3.05, 3.63) is 23.8 Å². The molecule has 1 amide bonds. The first kappa shape index (κ1) is 16.8. The van der Waals surface area contributed by atoms with Crippen LogP contribution in [0.4, 0.5) is 5.69 Å². The molecule has 2 rings (SSSR count). The summed E-state index contributed by atoms with van der Waals surface area (Å²) in [5.41, 5.74) is 7.62. The number of hydrogen-bond acceptors (Lipinski definition) is 3. The van der Waals surface area contributed by atoms with E-state index >= 15 is 0 Å². The molecule has 1 aromatic rings. The van der Waals surface area contributed by atoms with Gasteiger partial charge in [0, 0.05) is 13.1 Å². The van der Waals surface area contributed by atoms with Crippen molar-refractivity contribution in [2.24, 2.45) is 17.6 Å². The van der Waals surface area contributed by atoms with Gasteiger partial charge in [-0.15, -0.1) is 0 Å². The first-order valence-corrected chi connectivity index (χ1v) is 8.31. The lowest BCUT2D eigenvalue weighted by Gasteiger charge is -2.31. The fourth-order valence-corrected chi connectivity index (χ4v) is 3.09. The van der Waals surface area contributed by atoms with E-state index in [1.165, 1.54) is 6.42 Å². The van der Waals surface area contributed by atoms with Crippen molar-refractivity contribution in [2.45, 2.75) is 46.6 Å². The Balaban J connectivity index is 2.11. The van der Waals surface area contributed by atoms with E-state index in [2.05, 4.69) is 20.8 Å². The van der Waals surface area contributed by atoms with Gasteiger partial charge in [-0.25, -0.2) is 0 Å². The van der Waals surface area contributed by atoms with Crippen molar-refractivity contribution in [2.75, 3.05) is 18.1 Å². The second kappa shape index (κ2) is 7.63. The molecule has 1 atom stereocenters. The fourth-order valence-electron chi connectivity index (χ4n) is 3.09. The lowest BCUT2D eigenvalue weighted by Crippen LogP contribution is -2.40. The molecule has 4 nitrogen and oxygen atoms in total. The van der Waals surface area contributed by atoms with Gasteiger partial charge in [-0.2, -0.15) is 0 Å². The third-order valence-electron chi connectivity index (χ3n) is 4.35. The lowest BCUT2D eigenvalue weighted by molar-refractivity contribution is -0.121. The van der Waals surface area contributed by atoms with Crippen LogP contribution in [0.1, 0.15) is 45.6 Å². The van der Waals surface area contributed by atoms with Gasteiger partial charge in [-0.1, -0.05) is 33.3 Å². The molecule has 0 radical (unpaired) electrons. The van der Waals surface area contributed by atoms with Crippen LogP contribution >= 0.6 is 0 Å². The van der Waals surface area contributed by atoms with Crippen LogP contribution in [0.2, 0.25) is 0 Å². The van der Waals surface area contributed by atoms with E-state index in [4.69, 9.17) is 10.5 Å². The summed E-state index contributed by atoms with van der Waals surface area (Å²) < 4.78 is 5.53. The third-order valence-corrected chi connectivity index (χ3v) is 4.35. The maximum absolute atomic E-state index is 12.2. The van der Waals surface area contributed by atoms with Gasteiger partial charge in [0.15, 0.2) is 6.61 Å². The number of anilines is 1. The molecule has 0 bridgehead atoms. The molecule has 2 N–H and O–H groups in total. The first-order valence-electron chi connectivity index (χ1n) is 8.31. The Morgan fingerprint density at radius 3 is 2.77 bits per heavy atom. The van der Waals surface area contributed by atoms with Gasteiger partial charge in [-0.05, 0) is 42.4 Å². The van der Waals surface area contributed by atoms with Crippen molar-refractivity contribution in [1.82, 2.24) is 0 Å². The highest BCUT2D eigenvalue weighted by molar-refractivity contribution is 5.97. The van der Waals surface area contributed by atoms with Crippen LogP contribution in [-0.4, -0.2) is 19.1 Å². The molecular weight excluding hydrogens is 276 g/mol. The Kier molecular flexibility index (Phi) is 5.83. The number of benzene rings is 1. The van der Waals surface area contributed by atoms with Gasteiger partial charge in [0.05, 0.1) is 5.69 Å². The predicted octanol–water partition coefficient (Wildman–Crippen LogP) is 3.33. The zero-order valence-electron chi connectivity index (χ0n) is 14.0. The summed E-state index contributed by atoms with van der Waals surface area (Å²) in [6.07, 6.45) is 3.41. The van der Waals surface area contributed by atoms with E-state index in [9.17, 15) is 4.79 Å². The smallest absolute Gasteiger partial charge is 0.265 e. The number of ether oxygens (including phenoxy) is 1. The van der Waals surface area contributed by atoms with Crippen LogP contribution in [-0.2, 0) is 11.3 Å². The molecule has 1 aromatic carbocycles. The van der Waals surface area contributed by atoms with Crippen molar-refractivity contribution in [3.63, 3.8) is 0 Å². The second-order valence-electron chi connectivity index (χ2n) is 6.53. The number of rotatable bonds is 7. The summed E-state index contributed by atoms with van der Waals surface area (Å²) in [5.74, 6) is 2.19. The third kappa shape index (κ3) is 4.01. The van der Waals surface area contributed by atoms with Crippen LogP contribution in [0.5, 0.6) is 5.75 Å². The lowest BCUT2D eigenvalue weighted by atomic mass is 9.91. The number of hydrogen-bond donors (Lipinski definition) is 1. The minimum Gasteiger partial charge on any atom is -0.482 e. The average Bonchev–Trinajstić information content (AvgIpc) is 2.51. The maximum Gasteiger partial charge on any atom is 0.265 e. The Morgan fingerprint density at radius 2 is 2.14 bits per heavy atom. The number of nitrogens with two attached hydrogens (primary N) is 1. The molecular formula is C18H28N2O2. The SMILES string of the molecule is CCC(CCN1C(=O)COc2ccc(CN)cc21)CC(C)C. The topological polar surface area (TPSA) is 55.6 Å². The molecule has 0 fully saturated rings. The number of carbonyl (C=O) groups excluding carboxylic acids is 1. The number of carbonyl (C=O) groups is 1. The molecule has 0 aliphatic carbocycles. The zero-order valence-corrected chi connectivity index (χ0v) is 14.0. The molecule has 1 unspecified atom stereocenters. The van der Waals surface area contributed by atoms with Gasteiger partial charge >= 0.3 is 0 Å². The maximum atomic E-state index is 12.2. The second-order valence-corrected chi connectivity index (χ2v) is 6.53. The minimum absolute atomic E-state index is 0.0427. The highest BCUT2D eigenvalue weighted by Gasteiger charge is 2.26. The molecule has 0 saturated heterocycles. The highest BCUT2D eigenvalue weighted by Crippen LogP contribution is 2.33. The summed E-state index contributed by atoms with van der Waals surface area (Å²) in [6.45, 7) is 8.11. The largest absolute Gasteiger partial charge is 0.482 e. The molecule has 1 aliphatic rings. The van der Waals surface area contributed by atoms with Crippen LogP contribution in [0.15, 0.2) is 18.2 Å². The van der Waals surface area contributed by atoms with Crippen LogP contribution in [0, 0.1) is 11.8 Å². The number of amides is 1. The summed E-state index contributed by atoms with van der Waals surface area (Å²) in [5, 5.41) is 0. The number of fused-ring (bicyclic) bond motifs is 1. The van der Waals surface area contributed by atoms with E-state index in [0.717, 1.165) is 36.4 Å². The van der Waals surface area contributed by atoms with E-state index < -0.39 is 0 Å². The Bertz CT molecular complexity index is 514. The number of nitrogens with zero attached hydrogens (tertiary/aromatic N) is 1. The molecule has 22 heavy (non-hydrogen) atoms. The Labute approximate surface area is 133 Å². The quantitative estimate of drug-likeness (QED) is 0.840. The standard InChI is InChI=1S/C18H28N2O2/c1-4-14(9-13(2)3)7-8-20-16-10-15(11-19)5-6-17(16)22-12-18(20)21/h5-6,10,13-14H,4,7-9,11-12,19H2,1-3H3. The normalized spacial score (nSPS) is 15.7. The van der Waals surface area contributed by atoms with Crippen molar-refractivity contribution in [3.8, 4) is 5.75 Å². The van der Waals surface area contributed by atoms with Crippen LogP contribution < -0.4 is 15.4 Å². The van der Waals surface area contributed by atoms with Crippen LogP contribution in [0.25, 0.3) is 0 Å². The fraction of sp³-hybridized carbons (Fsp3) is 0.611. The Morgan fingerprint density at radius 1 is 1.36 bits per heavy atom. The van der Waals surface area contributed by atoms with Crippen LogP contribution in [0.3, 0.4) is 0 Å². The van der Waals surface area contributed by atoms with E-state index in [-0.39, 0.29) is 12.5 Å². The Hall–Kier alpha value is -1.55. The van der Waals surface area contributed by atoms with Gasteiger partial charge in [0.25, 0.3) is 5.91 Å². The average molecular weight is 304 g/mol. The predicted molar refractivity (Wildman–Crippen MR) is 90.0 cm³/mol. The summed E-state index contributed by atoms with van der Waals surface area (Å²) in [6, 6.07) is 5.86. The molecule has 0 spiro atoms. The summed E-state index contributed by atoms with van der Waals surface area (Å²) >= 11 is 0. The molecule has 0 saturated carbocycles. The molecule has 1 aliphatic heterocycles. The van der Waals surface area contributed by atoms with Crippen molar-refractivity contribution >= 4 is 11.6 Å². The van der Waals surface area contributed by atoms with Gasteiger partial charge < -0.3 is 15.4 Å². The van der Waals surface area contributed by atoms with Gasteiger partial charge in [-0.3, -0.25) is 4.79 Å². The molecule has 4 heteroatoms. The van der Waals surface area contributed by atoms with Crippen molar-refractivity contribution < 1.29 is 9.53 Å².